The molecule has 1 aromatic carbocycles. The zero-order chi connectivity index (χ0) is 16.3. The summed E-state index contributed by atoms with van der Waals surface area (Å²) < 4.78 is 38.5. The SMILES string of the molecule is CCCCC(=O)N(C1CC1)C(C)c1cccc(C(F)(F)F)c1. The minimum atomic E-state index is -4.35. The molecular formula is C17H22F3NO. The Labute approximate surface area is 129 Å². The lowest BCUT2D eigenvalue weighted by molar-refractivity contribution is -0.137. The summed E-state index contributed by atoms with van der Waals surface area (Å²) in [5.74, 6) is 0.0502. The molecule has 1 aromatic rings. The maximum Gasteiger partial charge on any atom is 0.416 e. The second-order valence-electron chi connectivity index (χ2n) is 5.93. The molecule has 0 saturated heterocycles. The molecule has 1 saturated carbocycles. The first-order valence-corrected chi connectivity index (χ1v) is 7.83. The Hall–Kier alpha value is -1.52. The number of carbonyl (C=O) groups is 1. The summed E-state index contributed by atoms with van der Waals surface area (Å²) in [7, 11) is 0. The summed E-state index contributed by atoms with van der Waals surface area (Å²) in [6.07, 6.45) is -0.245. The smallest absolute Gasteiger partial charge is 0.333 e. The van der Waals surface area contributed by atoms with Gasteiger partial charge in [-0.25, -0.2) is 0 Å². The fourth-order valence-electron chi connectivity index (χ4n) is 2.68. The molecule has 1 amide bonds. The summed E-state index contributed by atoms with van der Waals surface area (Å²) in [5.41, 5.74) is -0.111. The van der Waals surface area contributed by atoms with E-state index in [1.807, 2.05) is 13.8 Å². The van der Waals surface area contributed by atoms with Gasteiger partial charge < -0.3 is 4.90 Å². The van der Waals surface area contributed by atoms with Gasteiger partial charge in [-0.3, -0.25) is 4.79 Å². The van der Waals surface area contributed by atoms with E-state index in [0.29, 0.717) is 12.0 Å². The van der Waals surface area contributed by atoms with Crippen LogP contribution in [0, 0.1) is 0 Å². The first-order chi connectivity index (χ1) is 10.3. The van der Waals surface area contributed by atoms with Gasteiger partial charge in [-0.2, -0.15) is 13.2 Å². The Morgan fingerprint density at radius 3 is 2.59 bits per heavy atom. The number of alkyl halides is 3. The van der Waals surface area contributed by atoms with Gasteiger partial charge in [0.2, 0.25) is 5.91 Å². The second kappa shape index (κ2) is 6.71. The van der Waals surface area contributed by atoms with Gasteiger partial charge in [0, 0.05) is 12.5 Å². The Morgan fingerprint density at radius 2 is 2.05 bits per heavy atom. The molecule has 22 heavy (non-hydrogen) atoms. The number of unbranched alkanes of at least 4 members (excludes halogenated alkanes) is 1. The maximum atomic E-state index is 12.8. The van der Waals surface area contributed by atoms with Crippen LogP contribution in [0.15, 0.2) is 24.3 Å². The van der Waals surface area contributed by atoms with Gasteiger partial charge in [0.05, 0.1) is 11.6 Å². The van der Waals surface area contributed by atoms with Crippen LogP contribution < -0.4 is 0 Å². The van der Waals surface area contributed by atoms with Gasteiger partial charge in [-0.05, 0) is 43.9 Å². The van der Waals surface area contributed by atoms with Gasteiger partial charge in [0.15, 0.2) is 0 Å². The second-order valence-corrected chi connectivity index (χ2v) is 5.93. The minimum absolute atomic E-state index is 0.0502. The van der Waals surface area contributed by atoms with Crippen molar-refractivity contribution in [1.29, 1.82) is 0 Å². The highest BCUT2D eigenvalue weighted by atomic mass is 19.4. The largest absolute Gasteiger partial charge is 0.416 e. The number of hydrogen-bond donors (Lipinski definition) is 0. The molecule has 1 unspecified atom stereocenters. The van der Waals surface area contributed by atoms with Crippen molar-refractivity contribution in [1.82, 2.24) is 4.90 Å². The van der Waals surface area contributed by atoms with Crippen LogP contribution in [0.1, 0.15) is 63.1 Å². The molecule has 2 rings (SSSR count). The molecule has 0 heterocycles. The number of rotatable bonds is 6. The van der Waals surface area contributed by atoms with Crippen molar-refractivity contribution in [3.05, 3.63) is 35.4 Å². The summed E-state index contributed by atoms with van der Waals surface area (Å²) in [5, 5.41) is 0. The van der Waals surface area contributed by atoms with Crippen LogP contribution in [0.3, 0.4) is 0 Å². The van der Waals surface area contributed by atoms with E-state index >= 15 is 0 Å². The first-order valence-electron chi connectivity index (χ1n) is 7.83. The lowest BCUT2D eigenvalue weighted by atomic mass is 10.0. The van der Waals surface area contributed by atoms with Crippen LogP contribution >= 0.6 is 0 Å². The zero-order valence-corrected chi connectivity index (χ0v) is 13.0. The first kappa shape index (κ1) is 16.8. The molecule has 0 aromatic heterocycles. The Kier molecular flexibility index (Phi) is 5.14. The Bertz CT molecular complexity index is 523. The van der Waals surface area contributed by atoms with E-state index in [1.165, 1.54) is 6.07 Å². The lowest BCUT2D eigenvalue weighted by Gasteiger charge is -2.30. The topological polar surface area (TPSA) is 20.3 Å². The van der Waals surface area contributed by atoms with E-state index in [-0.39, 0.29) is 18.0 Å². The molecule has 0 bridgehead atoms. The van der Waals surface area contributed by atoms with Crippen LogP contribution in [0.5, 0.6) is 0 Å². The maximum absolute atomic E-state index is 12.8. The number of benzene rings is 1. The van der Waals surface area contributed by atoms with E-state index in [4.69, 9.17) is 0 Å². The normalized spacial score (nSPS) is 16.4. The molecule has 0 spiro atoms. The van der Waals surface area contributed by atoms with E-state index in [0.717, 1.165) is 37.8 Å². The van der Waals surface area contributed by atoms with Crippen LogP contribution in [-0.2, 0) is 11.0 Å². The number of amides is 1. The minimum Gasteiger partial charge on any atom is -0.333 e. The van der Waals surface area contributed by atoms with Crippen molar-refractivity contribution >= 4 is 5.91 Å². The standard InChI is InChI=1S/C17H22F3NO/c1-3-4-8-16(22)21(15-9-10-15)12(2)13-6-5-7-14(11-13)17(18,19)20/h5-7,11-12,15H,3-4,8-10H2,1-2H3. The number of carbonyl (C=O) groups excluding carboxylic acids is 1. The molecule has 5 heteroatoms. The molecule has 1 aliphatic carbocycles. The fourth-order valence-corrected chi connectivity index (χ4v) is 2.68. The highest BCUT2D eigenvalue weighted by molar-refractivity contribution is 5.77. The lowest BCUT2D eigenvalue weighted by Crippen LogP contribution is -2.35. The quantitative estimate of drug-likeness (QED) is 0.728. The van der Waals surface area contributed by atoms with Crippen LogP contribution in [0.2, 0.25) is 0 Å². The fraction of sp³-hybridized carbons (Fsp3) is 0.588. The molecule has 1 aliphatic rings. The highest BCUT2D eigenvalue weighted by Crippen LogP contribution is 2.37. The van der Waals surface area contributed by atoms with Crippen molar-refractivity contribution < 1.29 is 18.0 Å². The molecule has 0 radical (unpaired) electrons. The van der Waals surface area contributed by atoms with Gasteiger partial charge in [-0.15, -0.1) is 0 Å². The van der Waals surface area contributed by atoms with E-state index in [9.17, 15) is 18.0 Å². The third-order valence-corrected chi connectivity index (χ3v) is 4.09. The Morgan fingerprint density at radius 1 is 1.36 bits per heavy atom. The van der Waals surface area contributed by atoms with Crippen molar-refractivity contribution in [2.45, 2.75) is 64.2 Å². The average molecular weight is 313 g/mol. The molecule has 122 valence electrons. The summed E-state index contributed by atoms with van der Waals surface area (Å²) in [4.78, 5) is 14.2. The number of hydrogen-bond acceptors (Lipinski definition) is 1. The molecule has 0 aliphatic heterocycles. The monoisotopic (exact) mass is 313 g/mol. The van der Waals surface area contributed by atoms with Gasteiger partial charge >= 0.3 is 6.18 Å². The summed E-state index contributed by atoms with van der Waals surface area (Å²) in [6.45, 7) is 3.84. The van der Waals surface area contributed by atoms with Crippen molar-refractivity contribution in [3.8, 4) is 0 Å². The molecule has 1 atom stereocenters. The van der Waals surface area contributed by atoms with E-state index in [1.54, 1.807) is 11.0 Å². The molecular weight excluding hydrogens is 291 g/mol. The molecule has 2 nitrogen and oxygen atoms in total. The van der Waals surface area contributed by atoms with Crippen molar-refractivity contribution in [2.24, 2.45) is 0 Å². The summed E-state index contributed by atoms with van der Waals surface area (Å²) >= 11 is 0. The van der Waals surface area contributed by atoms with Crippen molar-refractivity contribution in [2.75, 3.05) is 0 Å². The molecule has 0 N–H and O–H groups in total. The number of halogens is 3. The molecule has 1 fully saturated rings. The van der Waals surface area contributed by atoms with E-state index in [2.05, 4.69) is 0 Å². The van der Waals surface area contributed by atoms with E-state index < -0.39 is 11.7 Å². The zero-order valence-electron chi connectivity index (χ0n) is 13.0. The van der Waals surface area contributed by atoms with Gasteiger partial charge in [-0.1, -0.05) is 25.5 Å². The van der Waals surface area contributed by atoms with Crippen LogP contribution in [0.25, 0.3) is 0 Å². The van der Waals surface area contributed by atoms with Crippen molar-refractivity contribution in [3.63, 3.8) is 0 Å². The summed E-state index contributed by atoms with van der Waals surface area (Å²) in [6, 6.07) is 5.18. The highest BCUT2D eigenvalue weighted by Gasteiger charge is 2.37. The van der Waals surface area contributed by atoms with Gasteiger partial charge in [0.25, 0.3) is 0 Å². The van der Waals surface area contributed by atoms with Gasteiger partial charge in [0.1, 0.15) is 0 Å². The predicted octanol–water partition coefficient (Wildman–Crippen LogP) is 4.95. The Balaban J connectivity index is 2.20. The van der Waals surface area contributed by atoms with Crippen LogP contribution in [-0.4, -0.2) is 16.8 Å². The third-order valence-electron chi connectivity index (χ3n) is 4.09. The number of nitrogens with zero attached hydrogens (tertiary/aromatic N) is 1. The predicted molar refractivity (Wildman–Crippen MR) is 79.3 cm³/mol. The average Bonchev–Trinajstić information content (AvgIpc) is 3.29. The van der Waals surface area contributed by atoms with Crippen LogP contribution in [0.4, 0.5) is 13.2 Å². The third kappa shape index (κ3) is 4.02.